The largest absolute Gasteiger partial charge is 0.440 e. The number of fused-ring (bicyclic) bond motifs is 1. The molecule has 1 aromatic heterocycles. The number of nitrogens with zero attached hydrogens (tertiary/aromatic N) is 1. The molecule has 1 N–H and O–H groups in total. The molecule has 4 nitrogen and oxygen atoms in total. The van der Waals surface area contributed by atoms with Gasteiger partial charge >= 0.3 is 0 Å². The molecule has 3 aromatic rings. The third-order valence-electron chi connectivity index (χ3n) is 3.81. The number of carbonyl (C=O) groups excluding carboxylic acids is 1. The Hall–Kier alpha value is -2.62. The molecule has 118 valence electrons. The van der Waals surface area contributed by atoms with Crippen LogP contribution >= 0.6 is 0 Å². The highest BCUT2D eigenvalue weighted by Gasteiger charge is 2.14. The third-order valence-corrected chi connectivity index (χ3v) is 3.81. The van der Waals surface area contributed by atoms with Crippen LogP contribution in [0.2, 0.25) is 0 Å². The molecule has 1 heterocycles. The monoisotopic (exact) mass is 308 g/mol. The van der Waals surface area contributed by atoms with E-state index >= 15 is 0 Å². The second-order valence-corrected chi connectivity index (χ2v) is 6.00. The summed E-state index contributed by atoms with van der Waals surface area (Å²) in [4.78, 5) is 16.9. The van der Waals surface area contributed by atoms with Gasteiger partial charge in [-0.15, -0.1) is 0 Å². The number of rotatable bonds is 4. The average molecular weight is 308 g/mol. The van der Waals surface area contributed by atoms with E-state index in [1.165, 1.54) is 0 Å². The van der Waals surface area contributed by atoms with Crippen LogP contribution in [0.5, 0.6) is 0 Å². The van der Waals surface area contributed by atoms with Gasteiger partial charge in [-0.05, 0) is 30.7 Å². The molecule has 0 spiro atoms. The smallest absolute Gasteiger partial charge is 0.251 e. The zero-order valence-corrected chi connectivity index (χ0v) is 13.5. The summed E-state index contributed by atoms with van der Waals surface area (Å²) < 4.78 is 5.72. The first-order valence-electron chi connectivity index (χ1n) is 7.81. The summed E-state index contributed by atoms with van der Waals surface area (Å²) in [6.45, 7) is 6.02. The predicted octanol–water partition coefficient (Wildman–Crippen LogP) is 4.44. The van der Waals surface area contributed by atoms with Gasteiger partial charge in [0.1, 0.15) is 5.52 Å². The number of aromatic nitrogens is 1. The minimum Gasteiger partial charge on any atom is -0.440 e. The topological polar surface area (TPSA) is 55.1 Å². The fourth-order valence-electron chi connectivity index (χ4n) is 2.44. The van der Waals surface area contributed by atoms with Gasteiger partial charge in [0.25, 0.3) is 5.91 Å². The highest BCUT2D eigenvalue weighted by atomic mass is 16.3. The number of benzene rings is 2. The summed E-state index contributed by atoms with van der Waals surface area (Å²) in [6.07, 6.45) is 0. The van der Waals surface area contributed by atoms with Crippen molar-refractivity contribution < 1.29 is 9.21 Å². The lowest BCUT2D eigenvalue weighted by atomic mass is 10.1. The Morgan fingerprint density at radius 3 is 2.52 bits per heavy atom. The van der Waals surface area contributed by atoms with E-state index in [2.05, 4.69) is 10.3 Å². The van der Waals surface area contributed by atoms with Crippen molar-refractivity contribution >= 4 is 17.0 Å². The molecule has 0 aliphatic carbocycles. The fraction of sp³-hybridized carbons (Fsp3) is 0.263. The molecule has 1 unspecified atom stereocenters. The van der Waals surface area contributed by atoms with Crippen LogP contribution < -0.4 is 5.32 Å². The molecule has 0 aliphatic rings. The van der Waals surface area contributed by atoms with E-state index in [9.17, 15) is 4.79 Å². The number of hydrogen-bond donors (Lipinski definition) is 1. The van der Waals surface area contributed by atoms with E-state index in [1.54, 1.807) is 12.1 Å². The summed E-state index contributed by atoms with van der Waals surface area (Å²) in [7, 11) is 0. The SMILES string of the molecule is CC(C)c1nc2ccc(C(=O)NC(C)c3ccccc3)cc2o1. The van der Waals surface area contributed by atoms with Crippen LogP contribution in [0.4, 0.5) is 0 Å². The second kappa shape index (κ2) is 6.24. The first-order valence-corrected chi connectivity index (χ1v) is 7.81. The van der Waals surface area contributed by atoms with Gasteiger partial charge in [0.05, 0.1) is 6.04 Å². The normalized spacial score (nSPS) is 12.5. The Balaban J connectivity index is 1.80. The lowest BCUT2D eigenvalue weighted by Gasteiger charge is -2.14. The highest BCUT2D eigenvalue weighted by molar-refractivity contribution is 5.97. The molecule has 2 aromatic carbocycles. The van der Waals surface area contributed by atoms with E-state index in [0.717, 1.165) is 11.1 Å². The van der Waals surface area contributed by atoms with Crippen molar-refractivity contribution in [1.82, 2.24) is 10.3 Å². The van der Waals surface area contributed by atoms with E-state index in [1.807, 2.05) is 57.2 Å². The van der Waals surface area contributed by atoms with Gasteiger partial charge in [0, 0.05) is 11.5 Å². The second-order valence-electron chi connectivity index (χ2n) is 6.00. The van der Waals surface area contributed by atoms with E-state index in [-0.39, 0.29) is 17.9 Å². The van der Waals surface area contributed by atoms with Crippen LogP contribution in [0, 0.1) is 0 Å². The Bertz CT molecular complexity index is 822. The molecule has 0 aliphatic heterocycles. The molecular weight excluding hydrogens is 288 g/mol. The molecule has 0 saturated carbocycles. The van der Waals surface area contributed by atoms with Crippen molar-refractivity contribution in [3.05, 3.63) is 65.5 Å². The van der Waals surface area contributed by atoms with Gasteiger partial charge in [-0.25, -0.2) is 4.98 Å². The summed E-state index contributed by atoms with van der Waals surface area (Å²) in [5.74, 6) is 0.791. The maximum atomic E-state index is 12.4. The minimum absolute atomic E-state index is 0.0552. The van der Waals surface area contributed by atoms with Crippen molar-refractivity contribution in [2.24, 2.45) is 0 Å². The van der Waals surface area contributed by atoms with Gasteiger partial charge in [0.15, 0.2) is 11.5 Å². The standard InChI is InChI=1S/C19H20N2O2/c1-12(2)19-21-16-10-9-15(11-17(16)23-19)18(22)20-13(3)14-7-5-4-6-8-14/h4-13H,1-3H3,(H,20,22). The number of carbonyl (C=O) groups is 1. The van der Waals surface area contributed by atoms with E-state index < -0.39 is 0 Å². The van der Waals surface area contributed by atoms with Crippen LogP contribution in [0.15, 0.2) is 52.9 Å². The fourth-order valence-corrected chi connectivity index (χ4v) is 2.44. The summed E-state index contributed by atoms with van der Waals surface area (Å²) in [5, 5.41) is 3.01. The molecule has 3 rings (SSSR count). The number of oxazole rings is 1. The lowest BCUT2D eigenvalue weighted by Crippen LogP contribution is -2.26. The Labute approximate surface area is 135 Å². The van der Waals surface area contributed by atoms with Crippen LogP contribution in [-0.2, 0) is 0 Å². The van der Waals surface area contributed by atoms with E-state index in [4.69, 9.17) is 4.42 Å². The van der Waals surface area contributed by atoms with Crippen molar-refractivity contribution in [2.45, 2.75) is 32.7 Å². The van der Waals surface area contributed by atoms with Crippen LogP contribution in [-0.4, -0.2) is 10.9 Å². The Morgan fingerprint density at radius 1 is 1.09 bits per heavy atom. The number of amides is 1. The van der Waals surface area contributed by atoms with Crippen LogP contribution in [0.1, 0.15) is 54.5 Å². The highest BCUT2D eigenvalue weighted by Crippen LogP contribution is 2.22. The van der Waals surface area contributed by atoms with Gasteiger partial charge in [-0.2, -0.15) is 0 Å². The van der Waals surface area contributed by atoms with Crippen molar-refractivity contribution in [3.63, 3.8) is 0 Å². The first-order chi connectivity index (χ1) is 11.0. The van der Waals surface area contributed by atoms with Crippen molar-refractivity contribution in [1.29, 1.82) is 0 Å². The molecule has 1 amide bonds. The predicted molar refractivity (Wildman–Crippen MR) is 90.4 cm³/mol. The molecule has 0 radical (unpaired) electrons. The summed E-state index contributed by atoms with van der Waals surface area (Å²) in [6, 6.07) is 15.2. The van der Waals surface area contributed by atoms with Crippen LogP contribution in [0.3, 0.4) is 0 Å². The Kier molecular flexibility index (Phi) is 4.15. The van der Waals surface area contributed by atoms with Gasteiger partial charge in [0.2, 0.25) is 0 Å². The quantitative estimate of drug-likeness (QED) is 0.775. The number of nitrogens with one attached hydrogen (secondary N) is 1. The maximum absolute atomic E-state index is 12.4. The average Bonchev–Trinajstić information content (AvgIpc) is 2.99. The van der Waals surface area contributed by atoms with Gasteiger partial charge in [-0.3, -0.25) is 4.79 Å². The third kappa shape index (κ3) is 3.26. The maximum Gasteiger partial charge on any atom is 0.251 e. The zero-order chi connectivity index (χ0) is 16.4. The molecular formula is C19H20N2O2. The van der Waals surface area contributed by atoms with E-state index in [0.29, 0.717) is 17.0 Å². The Morgan fingerprint density at radius 2 is 1.83 bits per heavy atom. The summed E-state index contributed by atoms with van der Waals surface area (Å²) >= 11 is 0. The summed E-state index contributed by atoms with van der Waals surface area (Å²) in [5.41, 5.74) is 3.07. The van der Waals surface area contributed by atoms with Crippen molar-refractivity contribution in [3.8, 4) is 0 Å². The molecule has 1 atom stereocenters. The van der Waals surface area contributed by atoms with Gasteiger partial charge in [-0.1, -0.05) is 44.2 Å². The molecule has 4 heteroatoms. The lowest BCUT2D eigenvalue weighted by molar-refractivity contribution is 0.0940. The van der Waals surface area contributed by atoms with Gasteiger partial charge < -0.3 is 9.73 Å². The van der Waals surface area contributed by atoms with Crippen molar-refractivity contribution in [2.75, 3.05) is 0 Å². The number of hydrogen-bond acceptors (Lipinski definition) is 3. The molecule has 0 bridgehead atoms. The molecule has 0 saturated heterocycles. The first kappa shape index (κ1) is 15.3. The van der Waals surface area contributed by atoms with Crippen LogP contribution in [0.25, 0.3) is 11.1 Å². The molecule has 0 fully saturated rings. The minimum atomic E-state index is -0.120. The molecule has 23 heavy (non-hydrogen) atoms. The zero-order valence-electron chi connectivity index (χ0n) is 13.5.